The zero-order chi connectivity index (χ0) is 10.1. The molecule has 0 aromatic carbocycles. The Hall–Kier alpha value is -1.01. The summed E-state index contributed by atoms with van der Waals surface area (Å²) in [6.07, 6.45) is 0. The molecule has 14 heavy (non-hydrogen) atoms. The highest BCUT2D eigenvalue weighted by atomic mass is 32.1. The number of carboxylic acids is 1. The van der Waals surface area contributed by atoms with Crippen molar-refractivity contribution in [3.8, 4) is 0 Å². The number of aliphatic carboxylic acids is 1. The first kappa shape index (κ1) is 9.54. The lowest BCUT2D eigenvalue weighted by atomic mass is 10.0. The van der Waals surface area contributed by atoms with Gasteiger partial charge in [-0.25, -0.2) is 0 Å². The van der Waals surface area contributed by atoms with Gasteiger partial charge < -0.3 is 5.11 Å². The normalized spacial score (nSPS) is 18.1. The molecule has 1 saturated heterocycles. The van der Waals surface area contributed by atoms with Crippen molar-refractivity contribution in [2.45, 2.75) is 13.5 Å². The second-order valence-electron chi connectivity index (χ2n) is 3.44. The second kappa shape index (κ2) is 3.62. The molecule has 0 atom stereocenters. The van der Waals surface area contributed by atoms with Crippen molar-refractivity contribution >= 4 is 17.3 Å². The molecule has 1 aromatic heterocycles. The number of likely N-dealkylation sites (tertiary alicyclic amines) is 1. The summed E-state index contributed by atoms with van der Waals surface area (Å²) in [6, 6.07) is 0. The highest BCUT2D eigenvalue weighted by Gasteiger charge is 2.32. The molecule has 1 aliphatic heterocycles. The molecule has 0 aliphatic carbocycles. The van der Waals surface area contributed by atoms with Crippen molar-refractivity contribution in [1.82, 2.24) is 15.1 Å². The van der Waals surface area contributed by atoms with Gasteiger partial charge in [0, 0.05) is 13.1 Å². The van der Waals surface area contributed by atoms with Gasteiger partial charge in [0.05, 0.1) is 12.5 Å². The third kappa shape index (κ3) is 1.91. The van der Waals surface area contributed by atoms with Crippen LogP contribution in [0.4, 0.5) is 0 Å². The summed E-state index contributed by atoms with van der Waals surface area (Å²) < 4.78 is 0. The Labute approximate surface area is 85.4 Å². The molecular formula is C8H11N3O2S. The van der Waals surface area contributed by atoms with E-state index in [0.29, 0.717) is 13.1 Å². The van der Waals surface area contributed by atoms with Gasteiger partial charge >= 0.3 is 5.97 Å². The van der Waals surface area contributed by atoms with Crippen LogP contribution in [0.15, 0.2) is 0 Å². The number of aromatic nitrogens is 2. The van der Waals surface area contributed by atoms with Crippen LogP contribution in [0.3, 0.4) is 0 Å². The van der Waals surface area contributed by atoms with E-state index in [-0.39, 0.29) is 5.92 Å². The first-order chi connectivity index (χ1) is 6.65. The summed E-state index contributed by atoms with van der Waals surface area (Å²) in [4.78, 5) is 12.6. The van der Waals surface area contributed by atoms with Crippen molar-refractivity contribution in [1.29, 1.82) is 0 Å². The summed E-state index contributed by atoms with van der Waals surface area (Å²) in [5, 5.41) is 18.5. The van der Waals surface area contributed by atoms with Crippen LogP contribution >= 0.6 is 11.3 Å². The summed E-state index contributed by atoms with van der Waals surface area (Å²) in [7, 11) is 0. The molecule has 5 nitrogen and oxygen atoms in total. The molecule has 2 heterocycles. The fourth-order valence-electron chi connectivity index (χ4n) is 1.45. The number of carbonyl (C=O) groups is 1. The fraction of sp³-hybridized carbons (Fsp3) is 0.625. The molecule has 0 radical (unpaired) electrons. The molecule has 76 valence electrons. The minimum absolute atomic E-state index is 0.191. The Morgan fingerprint density at radius 3 is 2.86 bits per heavy atom. The van der Waals surface area contributed by atoms with Crippen LogP contribution in [0.1, 0.15) is 10.0 Å². The Balaban J connectivity index is 1.82. The van der Waals surface area contributed by atoms with Crippen molar-refractivity contribution in [2.75, 3.05) is 13.1 Å². The SMILES string of the molecule is Cc1nnc(CN2CC(C(=O)O)C2)s1. The lowest BCUT2D eigenvalue weighted by molar-refractivity contribution is -0.147. The smallest absolute Gasteiger partial charge is 0.309 e. The van der Waals surface area contributed by atoms with Gasteiger partial charge in [0.15, 0.2) is 0 Å². The maximum atomic E-state index is 10.5. The standard InChI is InChI=1S/C8H11N3O2S/c1-5-9-10-7(14-5)4-11-2-6(3-11)8(12)13/h6H,2-4H2,1H3,(H,12,13). The largest absolute Gasteiger partial charge is 0.481 e. The molecule has 0 saturated carbocycles. The van der Waals surface area contributed by atoms with Crippen molar-refractivity contribution < 1.29 is 9.90 Å². The summed E-state index contributed by atoms with van der Waals surface area (Å²) >= 11 is 1.56. The minimum Gasteiger partial charge on any atom is -0.481 e. The summed E-state index contributed by atoms with van der Waals surface area (Å²) in [6.45, 7) is 3.91. The van der Waals surface area contributed by atoms with Crippen molar-refractivity contribution in [3.63, 3.8) is 0 Å². The molecular weight excluding hydrogens is 202 g/mol. The van der Waals surface area contributed by atoms with E-state index in [1.165, 1.54) is 0 Å². The highest BCUT2D eigenvalue weighted by Crippen LogP contribution is 2.19. The predicted octanol–water partition coefficient (Wildman–Crippen LogP) is 0.363. The van der Waals surface area contributed by atoms with Crippen LogP contribution in [-0.2, 0) is 11.3 Å². The zero-order valence-corrected chi connectivity index (χ0v) is 8.62. The lowest BCUT2D eigenvalue weighted by Gasteiger charge is -2.35. The third-order valence-corrected chi connectivity index (χ3v) is 3.06. The van der Waals surface area contributed by atoms with Gasteiger partial charge in [0.1, 0.15) is 10.0 Å². The van der Waals surface area contributed by atoms with Gasteiger partial charge in [-0.1, -0.05) is 0 Å². The van der Waals surface area contributed by atoms with Gasteiger partial charge in [-0.05, 0) is 6.92 Å². The molecule has 0 amide bonds. The first-order valence-electron chi connectivity index (χ1n) is 4.39. The zero-order valence-electron chi connectivity index (χ0n) is 7.80. The molecule has 0 spiro atoms. The molecule has 1 aromatic rings. The first-order valence-corrected chi connectivity index (χ1v) is 5.21. The van der Waals surface area contributed by atoms with E-state index in [9.17, 15) is 4.79 Å². The average Bonchev–Trinajstić information content (AvgIpc) is 2.42. The molecule has 6 heteroatoms. The van der Waals surface area contributed by atoms with Gasteiger partial charge in [-0.15, -0.1) is 21.5 Å². The van der Waals surface area contributed by atoms with Crippen molar-refractivity contribution in [3.05, 3.63) is 10.0 Å². The van der Waals surface area contributed by atoms with E-state index in [1.807, 2.05) is 6.92 Å². The molecule has 1 aliphatic rings. The third-order valence-electron chi connectivity index (χ3n) is 2.23. The van der Waals surface area contributed by atoms with E-state index in [1.54, 1.807) is 11.3 Å². The van der Waals surface area contributed by atoms with Gasteiger partial charge in [-0.2, -0.15) is 0 Å². The monoisotopic (exact) mass is 213 g/mol. The Kier molecular flexibility index (Phi) is 2.47. The van der Waals surface area contributed by atoms with Crippen molar-refractivity contribution in [2.24, 2.45) is 5.92 Å². The van der Waals surface area contributed by atoms with Crippen LogP contribution in [0.2, 0.25) is 0 Å². The predicted molar refractivity (Wildman–Crippen MR) is 51.0 cm³/mol. The average molecular weight is 213 g/mol. The van der Waals surface area contributed by atoms with Crippen LogP contribution in [0, 0.1) is 12.8 Å². The number of carboxylic acid groups (broad SMARTS) is 1. The number of nitrogens with zero attached hydrogens (tertiary/aromatic N) is 3. The number of hydrogen-bond donors (Lipinski definition) is 1. The van der Waals surface area contributed by atoms with Crippen LogP contribution in [-0.4, -0.2) is 39.3 Å². The quantitative estimate of drug-likeness (QED) is 0.785. The Morgan fingerprint density at radius 2 is 2.36 bits per heavy atom. The van der Waals surface area contributed by atoms with Gasteiger partial charge in [0.2, 0.25) is 0 Å². The fourth-order valence-corrected chi connectivity index (χ4v) is 2.20. The van der Waals surface area contributed by atoms with E-state index in [4.69, 9.17) is 5.11 Å². The number of rotatable bonds is 3. The highest BCUT2D eigenvalue weighted by molar-refractivity contribution is 7.11. The van der Waals surface area contributed by atoms with Crippen LogP contribution in [0.25, 0.3) is 0 Å². The van der Waals surface area contributed by atoms with E-state index >= 15 is 0 Å². The van der Waals surface area contributed by atoms with Gasteiger partial charge in [-0.3, -0.25) is 9.69 Å². The minimum atomic E-state index is -0.699. The molecule has 1 fully saturated rings. The summed E-state index contributed by atoms with van der Waals surface area (Å²) in [5.41, 5.74) is 0. The molecule has 1 N–H and O–H groups in total. The topological polar surface area (TPSA) is 66.3 Å². The Morgan fingerprint density at radius 1 is 1.64 bits per heavy atom. The summed E-state index contributed by atoms with van der Waals surface area (Å²) in [5.74, 6) is -0.890. The molecule has 0 bridgehead atoms. The Bertz CT molecular complexity index is 346. The van der Waals surface area contributed by atoms with Crippen LogP contribution < -0.4 is 0 Å². The second-order valence-corrected chi connectivity index (χ2v) is 4.71. The number of aryl methyl sites for hydroxylation is 1. The molecule has 2 rings (SSSR count). The number of hydrogen-bond acceptors (Lipinski definition) is 5. The van der Waals surface area contributed by atoms with E-state index < -0.39 is 5.97 Å². The van der Waals surface area contributed by atoms with Crippen LogP contribution in [0.5, 0.6) is 0 Å². The van der Waals surface area contributed by atoms with E-state index in [2.05, 4.69) is 15.1 Å². The maximum Gasteiger partial charge on any atom is 0.309 e. The van der Waals surface area contributed by atoms with E-state index in [0.717, 1.165) is 16.6 Å². The van der Waals surface area contributed by atoms with Gasteiger partial charge in [0.25, 0.3) is 0 Å². The lowest BCUT2D eigenvalue weighted by Crippen LogP contribution is -2.49. The molecule has 0 unspecified atom stereocenters. The maximum absolute atomic E-state index is 10.5.